The van der Waals surface area contributed by atoms with Gasteiger partial charge in [-0.1, -0.05) is 60.2 Å². The highest BCUT2D eigenvalue weighted by atomic mass is 16.1. The number of allylic oxidation sites excluding steroid dienone is 3. The Kier molecular flexibility index (Phi) is 5.82. The third-order valence-electron chi connectivity index (χ3n) is 6.78. The Labute approximate surface area is 202 Å². The second-order valence-corrected chi connectivity index (χ2v) is 9.57. The molecule has 0 aromatic heterocycles. The van der Waals surface area contributed by atoms with Crippen LogP contribution in [-0.2, 0) is 4.79 Å². The number of dihydropyridines is 1. The van der Waals surface area contributed by atoms with Crippen molar-refractivity contribution in [1.82, 2.24) is 0 Å². The normalized spacial score (nSPS) is 22.9. The first-order chi connectivity index (χ1) is 16.4. The van der Waals surface area contributed by atoms with E-state index in [4.69, 9.17) is 4.99 Å². The second kappa shape index (κ2) is 8.94. The Morgan fingerprint density at radius 1 is 1.00 bits per heavy atom. The minimum Gasteiger partial charge on any atom is -0.378 e. The van der Waals surface area contributed by atoms with Crippen LogP contribution in [0.4, 0.5) is 11.4 Å². The van der Waals surface area contributed by atoms with Crippen molar-refractivity contribution >= 4 is 28.6 Å². The molecule has 2 heterocycles. The SMILES string of the molecule is CC(=O)CC1C2=CC3C=CC=CC3N=C2C=C(c2ccc(N(C)C)cc2)N1c1ccc(C)cc1. The van der Waals surface area contributed by atoms with Gasteiger partial charge in [-0.05, 0) is 55.3 Å². The molecule has 0 spiro atoms. The number of carbonyl (C=O) groups excluding carboxylic acids is 1. The van der Waals surface area contributed by atoms with Gasteiger partial charge >= 0.3 is 0 Å². The number of fused-ring (bicyclic) bond motifs is 2. The quantitative estimate of drug-likeness (QED) is 0.582. The number of Topliss-reactive ketones (excluding diaryl/α,β-unsaturated/α-hetero) is 1. The number of anilines is 2. The van der Waals surface area contributed by atoms with Crippen molar-refractivity contribution < 1.29 is 4.79 Å². The van der Waals surface area contributed by atoms with Crippen molar-refractivity contribution in [3.8, 4) is 0 Å². The molecule has 172 valence electrons. The fourth-order valence-corrected chi connectivity index (χ4v) is 4.98. The van der Waals surface area contributed by atoms with Crippen LogP contribution in [-0.4, -0.2) is 37.7 Å². The molecule has 1 aliphatic carbocycles. The summed E-state index contributed by atoms with van der Waals surface area (Å²) < 4.78 is 0. The van der Waals surface area contributed by atoms with Gasteiger partial charge < -0.3 is 9.80 Å². The Bertz CT molecular complexity index is 1240. The predicted molar refractivity (Wildman–Crippen MR) is 143 cm³/mol. The summed E-state index contributed by atoms with van der Waals surface area (Å²) in [6.45, 7) is 3.78. The number of carbonyl (C=O) groups is 1. The number of nitrogens with zero attached hydrogens (tertiary/aromatic N) is 3. The van der Waals surface area contributed by atoms with E-state index in [1.165, 1.54) is 5.56 Å². The molecule has 3 aliphatic rings. The molecule has 34 heavy (non-hydrogen) atoms. The summed E-state index contributed by atoms with van der Waals surface area (Å²) in [5.74, 6) is 0.403. The molecule has 5 rings (SSSR count). The lowest BCUT2D eigenvalue weighted by molar-refractivity contribution is -0.117. The molecular formula is C30H31N3O. The van der Waals surface area contributed by atoms with Crippen molar-refractivity contribution in [2.24, 2.45) is 10.9 Å². The molecule has 0 N–H and O–H groups in total. The number of aryl methyl sites for hydroxylation is 1. The number of hydrogen-bond donors (Lipinski definition) is 0. The van der Waals surface area contributed by atoms with Crippen LogP contribution >= 0.6 is 0 Å². The van der Waals surface area contributed by atoms with E-state index in [1.54, 1.807) is 6.92 Å². The first-order valence-corrected chi connectivity index (χ1v) is 11.9. The van der Waals surface area contributed by atoms with Gasteiger partial charge in [-0.3, -0.25) is 9.79 Å². The van der Waals surface area contributed by atoms with Crippen LogP contribution in [0.5, 0.6) is 0 Å². The van der Waals surface area contributed by atoms with Gasteiger partial charge in [-0.25, -0.2) is 0 Å². The molecule has 0 bridgehead atoms. The lowest BCUT2D eigenvalue weighted by Crippen LogP contribution is -2.44. The molecule has 3 unspecified atom stereocenters. The Hall–Kier alpha value is -3.66. The van der Waals surface area contributed by atoms with E-state index >= 15 is 0 Å². The first kappa shape index (κ1) is 22.1. The molecule has 0 radical (unpaired) electrons. The maximum atomic E-state index is 12.5. The molecule has 2 aliphatic heterocycles. The van der Waals surface area contributed by atoms with Crippen molar-refractivity contribution in [3.63, 3.8) is 0 Å². The Morgan fingerprint density at radius 3 is 2.38 bits per heavy atom. The fraction of sp³-hybridized carbons (Fsp3) is 0.267. The molecular weight excluding hydrogens is 418 g/mol. The third-order valence-corrected chi connectivity index (χ3v) is 6.78. The molecule has 0 amide bonds. The second-order valence-electron chi connectivity index (χ2n) is 9.57. The summed E-state index contributed by atoms with van der Waals surface area (Å²) >= 11 is 0. The van der Waals surface area contributed by atoms with E-state index in [2.05, 4.69) is 102 Å². The van der Waals surface area contributed by atoms with Crippen LogP contribution in [0.3, 0.4) is 0 Å². The number of aliphatic imine (C=N–C) groups is 1. The minimum absolute atomic E-state index is 0.104. The van der Waals surface area contributed by atoms with E-state index in [0.29, 0.717) is 6.42 Å². The van der Waals surface area contributed by atoms with E-state index < -0.39 is 0 Å². The Balaban J connectivity index is 1.70. The highest BCUT2D eigenvalue weighted by Crippen LogP contribution is 2.40. The average Bonchev–Trinajstić information content (AvgIpc) is 2.83. The standard InChI is InChI=1S/C30H31N3O/c1-20-9-13-25(14-10-20)33-29(22-11-15-24(16-12-22)32(3)4)19-28-26(30(33)17-21(2)34)18-23-7-5-6-8-27(23)31-28/h5-16,18-19,23,27,30H,17H2,1-4H3. The molecule has 2 aromatic carbocycles. The monoisotopic (exact) mass is 449 g/mol. The smallest absolute Gasteiger partial charge is 0.132 e. The largest absolute Gasteiger partial charge is 0.378 e. The molecule has 0 saturated carbocycles. The van der Waals surface area contributed by atoms with Crippen LogP contribution in [0.25, 0.3) is 5.70 Å². The Morgan fingerprint density at radius 2 is 1.71 bits per heavy atom. The van der Waals surface area contributed by atoms with Gasteiger partial charge in [0.25, 0.3) is 0 Å². The van der Waals surface area contributed by atoms with Gasteiger partial charge in [0.1, 0.15) is 5.78 Å². The summed E-state index contributed by atoms with van der Waals surface area (Å²) in [7, 11) is 4.10. The molecule has 4 heteroatoms. The van der Waals surface area contributed by atoms with E-state index in [0.717, 1.165) is 33.9 Å². The minimum atomic E-state index is -0.104. The zero-order valence-electron chi connectivity index (χ0n) is 20.3. The zero-order chi connectivity index (χ0) is 23.8. The molecule has 3 atom stereocenters. The maximum Gasteiger partial charge on any atom is 0.132 e. The van der Waals surface area contributed by atoms with Crippen molar-refractivity contribution in [1.29, 1.82) is 0 Å². The van der Waals surface area contributed by atoms with Gasteiger partial charge in [0, 0.05) is 37.8 Å². The highest BCUT2D eigenvalue weighted by Gasteiger charge is 2.37. The summed E-state index contributed by atoms with van der Waals surface area (Å²) in [6.07, 6.45) is 13.5. The van der Waals surface area contributed by atoms with Gasteiger partial charge in [-0.15, -0.1) is 0 Å². The van der Waals surface area contributed by atoms with Gasteiger partial charge in [0.15, 0.2) is 0 Å². The van der Waals surface area contributed by atoms with Crippen molar-refractivity contribution in [3.05, 3.63) is 102 Å². The fourth-order valence-electron chi connectivity index (χ4n) is 4.98. The summed E-state index contributed by atoms with van der Waals surface area (Å²) in [5.41, 5.74) is 7.77. The van der Waals surface area contributed by atoms with Crippen LogP contribution in [0.2, 0.25) is 0 Å². The molecule has 2 aromatic rings. The van der Waals surface area contributed by atoms with E-state index in [9.17, 15) is 4.79 Å². The molecule has 0 fully saturated rings. The first-order valence-electron chi connectivity index (χ1n) is 11.9. The van der Waals surface area contributed by atoms with Crippen molar-refractivity contribution in [2.45, 2.75) is 32.4 Å². The number of hydrogen-bond acceptors (Lipinski definition) is 4. The zero-order valence-corrected chi connectivity index (χ0v) is 20.3. The van der Waals surface area contributed by atoms with Crippen LogP contribution in [0.1, 0.15) is 24.5 Å². The molecule has 0 saturated heterocycles. The van der Waals surface area contributed by atoms with E-state index in [-0.39, 0.29) is 23.8 Å². The molecule has 4 nitrogen and oxygen atoms in total. The van der Waals surface area contributed by atoms with E-state index in [1.807, 2.05) is 14.1 Å². The summed E-state index contributed by atoms with van der Waals surface area (Å²) in [6, 6.07) is 17.2. The average molecular weight is 450 g/mol. The third kappa shape index (κ3) is 4.16. The summed E-state index contributed by atoms with van der Waals surface area (Å²) in [4.78, 5) is 22.1. The predicted octanol–water partition coefficient (Wildman–Crippen LogP) is 5.76. The number of ketones is 1. The van der Waals surface area contributed by atoms with Crippen LogP contribution in [0.15, 0.2) is 95.6 Å². The number of benzene rings is 2. The lowest BCUT2D eigenvalue weighted by Gasteiger charge is -2.42. The maximum absolute atomic E-state index is 12.5. The van der Waals surface area contributed by atoms with Gasteiger partial charge in [0.05, 0.1) is 23.5 Å². The number of rotatable bonds is 5. The topological polar surface area (TPSA) is 35.9 Å². The van der Waals surface area contributed by atoms with Gasteiger partial charge in [0.2, 0.25) is 0 Å². The summed E-state index contributed by atoms with van der Waals surface area (Å²) in [5, 5.41) is 0. The van der Waals surface area contributed by atoms with Crippen molar-refractivity contribution in [2.75, 3.05) is 23.9 Å². The lowest BCUT2D eigenvalue weighted by atomic mass is 9.81. The van der Waals surface area contributed by atoms with Crippen LogP contribution in [0, 0.1) is 12.8 Å². The van der Waals surface area contributed by atoms with Gasteiger partial charge in [-0.2, -0.15) is 0 Å². The highest BCUT2D eigenvalue weighted by molar-refractivity contribution is 6.18. The van der Waals surface area contributed by atoms with Crippen LogP contribution < -0.4 is 9.80 Å².